The molecular formula is C26H34N6O7. The van der Waals surface area contributed by atoms with Gasteiger partial charge in [-0.1, -0.05) is 24.3 Å². The van der Waals surface area contributed by atoms with Crippen molar-refractivity contribution in [2.45, 2.75) is 39.8 Å². The van der Waals surface area contributed by atoms with Crippen molar-refractivity contribution in [1.29, 1.82) is 0 Å². The molecule has 39 heavy (non-hydrogen) atoms. The lowest BCUT2D eigenvalue weighted by atomic mass is 10.1. The molecule has 210 valence electrons. The number of nitrogens with zero attached hydrogens (tertiary/aromatic N) is 5. The lowest BCUT2D eigenvalue weighted by Gasteiger charge is -2.22. The van der Waals surface area contributed by atoms with Gasteiger partial charge in [0.1, 0.15) is 6.61 Å². The summed E-state index contributed by atoms with van der Waals surface area (Å²) in [6.07, 6.45) is 1.01. The Bertz CT molecular complexity index is 1290. The number of rotatable bonds is 13. The SMILES string of the molecule is CCOC(=O)Oc1nc2c(N)nc(OCCOC)nc2n1Cc1cccc(CN(CC2CC2)C(=O)OCC)c1. The summed E-state index contributed by atoms with van der Waals surface area (Å²) >= 11 is 0. The predicted molar refractivity (Wildman–Crippen MR) is 140 cm³/mol. The van der Waals surface area contributed by atoms with E-state index in [4.69, 9.17) is 29.4 Å². The molecule has 0 aliphatic heterocycles. The fraction of sp³-hybridized carbons (Fsp3) is 0.500. The summed E-state index contributed by atoms with van der Waals surface area (Å²) in [4.78, 5) is 39.4. The van der Waals surface area contributed by atoms with Crippen molar-refractivity contribution in [3.63, 3.8) is 0 Å². The second-order valence-electron chi connectivity index (χ2n) is 9.01. The molecule has 3 aromatic rings. The molecule has 1 amide bonds. The first-order valence-corrected chi connectivity index (χ1v) is 12.9. The van der Waals surface area contributed by atoms with Crippen LogP contribution in [0.25, 0.3) is 11.2 Å². The Kier molecular flexibility index (Phi) is 9.36. The summed E-state index contributed by atoms with van der Waals surface area (Å²) in [5.41, 5.74) is 8.50. The van der Waals surface area contributed by atoms with E-state index in [1.54, 1.807) is 30.4 Å². The van der Waals surface area contributed by atoms with Crippen LogP contribution in [0.5, 0.6) is 12.0 Å². The highest BCUT2D eigenvalue weighted by Crippen LogP contribution is 2.31. The third-order valence-corrected chi connectivity index (χ3v) is 5.93. The van der Waals surface area contributed by atoms with Gasteiger partial charge in [0.05, 0.1) is 26.4 Å². The lowest BCUT2D eigenvalue weighted by Crippen LogP contribution is -2.33. The summed E-state index contributed by atoms with van der Waals surface area (Å²) in [5.74, 6) is 0.585. The van der Waals surface area contributed by atoms with E-state index in [9.17, 15) is 9.59 Å². The van der Waals surface area contributed by atoms with Gasteiger partial charge in [-0.15, -0.1) is 0 Å². The van der Waals surface area contributed by atoms with Crippen LogP contribution in [0.2, 0.25) is 0 Å². The summed E-state index contributed by atoms with van der Waals surface area (Å²) in [6, 6.07) is 7.73. The minimum atomic E-state index is -0.906. The molecule has 2 aromatic heterocycles. The van der Waals surface area contributed by atoms with E-state index in [1.165, 1.54) is 0 Å². The van der Waals surface area contributed by atoms with Gasteiger partial charge in [0.25, 0.3) is 0 Å². The first-order chi connectivity index (χ1) is 18.9. The lowest BCUT2D eigenvalue weighted by molar-refractivity contribution is 0.0993. The number of carbonyl (C=O) groups is 2. The van der Waals surface area contributed by atoms with Gasteiger partial charge in [0.2, 0.25) is 0 Å². The number of fused-ring (bicyclic) bond motifs is 1. The average Bonchev–Trinajstić information content (AvgIpc) is 3.66. The van der Waals surface area contributed by atoms with Crippen molar-refractivity contribution in [2.24, 2.45) is 5.92 Å². The molecule has 1 aliphatic carbocycles. The number of amides is 1. The second kappa shape index (κ2) is 13.1. The Labute approximate surface area is 226 Å². The molecule has 13 nitrogen and oxygen atoms in total. The zero-order valence-electron chi connectivity index (χ0n) is 22.4. The average molecular weight is 543 g/mol. The number of benzene rings is 1. The number of hydrogen-bond acceptors (Lipinski definition) is 11. The standard InChI is InChI=1S/C26H34N6O7/c1-4-36-25(33)31(14-17-9-10-17)15-18-7-6-8-19(13-18)16-32-22-20(28-24(32)39-26(34)37-5-2)21(27)29-23(30-22)38-12-11-35-3/h6-8,13,17H,4-5,9-12,14-16H2,1-3H3,(H2,27,29,30). The molecular weight excluding hydrogens is 508 g/mol. The van der Waals surface area contributed by atoms with Gasteiger partial charge in [-0.05, 0) is 43.7 Å². The molecule has 0 unspecified atom stereocenters. The van der Waals surface area contributed by atoms with Gasteiger partial charge in [0, 0.05) is 20.2 Å². The zero-order valence-corrected chi connectivity index (χ0v) is 22.4. The summed E-state index contributed by atoms with van der Waals surface area (Å²) < 4.78 is 27.8. The van der Waals surface area contributed by atoms with Gasteiger partial charge in [-0.3, -0.25) is 4.57 Å². The molecule has 1 aromatic carbocycles. The molecule has 4 rings (SSSR count). The second-order valence-corrected chi connectivity index (χ2v) is 9.01. The fourth-order valence-corrected chi connectivity index (χ4v) is 3.96. The number of nitrogens with two attached hydrogens (primary N) is 1. The molecule has 2 heterocycles. The molecule has 2 N–H and O–H groups in total. The van der Waals surface area contributed by atoms with Crippen molar-refractivity contribution in [2.75, 3.05) is 45.8 Å². The van der Waals surface area contributed by atoms with Crippen molar-refractivity contribution in [3.05, 3.63) is 35.4 Å². The molecule has 1 aliphatic rings. The predicted octanol–water partition coefficient (Wildman–Crippen LogP) is 3.39. The van der Waals surface area contributed by atoms with Crippen LogP contribution in [0.1, 0.15) is 37.8 Å². The molecule has 0 atom stereocenters. The summed E-state index contributed by atoms with van der Waals surface area (Å²) in [5, 5.41) is 0. The van der Waals surface area contributed by atoms with Crippen LogP contribution < -0.4 is 15.2 Å². The molecule has 13 heteroatoms. The van der Waals surface area contributed by atoms with Crippen LogP contribution in [0, 0.1) is 5.92 Å². The van der Waals surface area contributed by atoms with Crippen molar-refractivity contribution >= 4 is 29.2 Å². The first kappa shape index (κ1) is 27.9. The number of hydrogen-bond donors (Lipinski definition) is 1. The number of methoxy groups -OCH3 is 1. The van der Waals surface area contributed by atoms with Crippen molar-refractivity contribution in [1.82, 2.24) is 24.4 Å². The molecule has 0 radical (unpaired) electrons. The topological polar surface area (TPSA) is 153 Å². The highest BCUT2D eigenvalue weighted by atomic mass is 16.7. The Morgan fingerprint density at radius 2 is 1.85 bits per heavy atom. The third-order valence-electron chi connectivity index (χ3n) is 5.93. The molecule has 0 bridgehead atoms. The quantitative estimate of drug-likeness (QED) is 0.250. The van der Waals surface area contributed by atoms with E-state index in [2.05, 4.69) is 15.0 Å². The largest absolute Gasteiger partial charge is 0.516 e. The van der Waals surface area contributed by atoms with Crippen LogP contribution in [-0.4, -0.2) is 76.7 Å². The molecule has 1 fully saturated rings. The van der Waals surface area contributed by atoms with Crippen LogP contribution in [-0.2, 0) is 27.3 Å². The zero-order chi connectivity index (χ0) is 27.8. The highest BCUT2D eigenvalue weighted by molar-refractivity contribution is 5.83. The normalized spacial score (nSPS) is 12.8. The van der Waals surface area contributed by atoms with Gasteiger partial charge in [-0.2, -0.15) is 15.0 Å². The number of ether oxygens (including phenoxy) is 5. The Morgan fingerprint density at radius 3 is 2.56 bits per heavy atom. The smallest absolute Gasteiger partial charge is 0.461 e. The number of carbonyl (C=O) groups excluding carboxylic acids is 2. The maximum Gasteiger partial charge on any atom is 0.516 e. The van der Waals surface area contributed by atoms with E-state index in [1.807, 2.05) is 24.3 Å². The number of nitrogen functional groups attached to an aromatic ring is 1. The maximum atomic E-state index is 12.5. The number of imidazole rings is 1. The number of aromatic nitrogens is 4. The fourth-order valence-electron chi connectivity index (χ4n) is 3.96. The van der Waals surface area contributed by atoms with E-state index >= 15 is 0 Å². The van der Waals surface area contributed by atoms with Gasteiger partial charge < -0.3 is 34.3 Å². The van der Waals surface area contributed by atoms with Gasteiger partial charge >= 0.3 is 24.3 Å². The van der Waals surface area contributed by atoms with Crippen molar-refractivity contribution in [3.8, 4) is 12.0 Å². The van der Waals surface area contributed by atoms with Crippen LogP contribution in [0.4, 0.5) is 15.4 Å². The summed E-state index contributed by atoms with van der Waals surface area (Å²) in [7, 11) is 1.56. The Balaban J connectivity index is 1.64. The van der Waals surface area contributed by atoms with E-state index < -0.39 is 6.16 Å². The van der Waals surface area contributed by atoms with Crippen LogP contribution in [0.15, 0.2) is 24.3 Å². The monoisotopic (exact) mass is 542 g/mol. The van der Waals surface area contributed by atoms with Crippen LogP contribution in [0.3, 0.4) is 0 Å². The Morgan fingerprint density at radius 1 is 1.08 bits per heavy atom. The minimum Gasteiger partial charge on any atom is -0.461 e. The third kappa shape index (κ3) is 7.47. The first-order valence-electron chi connectivity index (χ1n) is 12.9. The van der Waals surface area contributed by atoms with Crippen molar-refractivity contribution < 1.29 is 33.3 Å². The van der Waals surface area contributed by atoms with E-state index in [0.29, 0.717) is 37.9 Å². The molecule has 1 saturated carbocycles. The maximum absolute atomic E-state index is 12.5. The van der Waals surface area contributed by atoms with E-state index in [0.717, 1.165) is 24.0 Å². The Hall–Kier alpha value is -4.13. The van der Waals surface area contributed by atoms with Gasteiger partial charge in [0.15, 0.2) is 17.0 Å². The molecule has 0 saturated heterocycles. The van der Waals surface area contributed by atoms with Crippen LogP contribution >= 0.6 is 0 Å². The summed E-state index contributed by atoms with van der Waals surface area (Å²) in [6.45, 7) is 5.79. The van der Waals surface area contributed by atoms with Gasteiger partial charge in [-0.25, -0.2) is 9.59 Å². The van der Waals surface area contributed by atoms with E-state index in [-0.39, 0.29) is 49.2 Å². The number of anilines is 1. The molecule has 0 spiro atoms. The highest BCUT2D eigenvalue weighted by Gasteiger charge is 2.28. The minimum absolute atomic E-state index is 0.0415.